The number of aromatic nitrogens is 2. The molecule has 0 saturated carbocycles. The molecule has 3 rings (SSSR count). The van der Waals surface area contributed by atoms with Gasteiger partial charge in [0, 0.05) is 13.1 Å². The van der Waals surface area contributed by atoms with Gasteiger partial charge in [0.15, 0.2) is 5.69 Å². The van der Waals surface area contributed by atoms with Gasteiger partial charge in [-0.15, -0.1) is 0 Å². The number of carbonyl (C=O) groups excluding carboxylic acids is 1. The highest BCUT2D eigenvalue weighted by molar-refractivity contribution is 6.07. The SMILES string of the molecule is CN(C(=O)c1ccc(F)cc1F)c1c(N)n(Cc2ccccc2)c(=O)[nH]c1=O. The molecule has 3 N–H and O–H groups in total. The number of hydrogen-bond donors (Lipinski definition) is 2. The van der Waals surface area contributed by atoms with E-state index in [-0.39, 0.29) is 18.1 Å². The summed E-state index contributed by atoms with van der Waals surface area (Å²) in [4.78, 5) is 40.0. The number of amides is 1. The number of benzene rings is 2. The Balaban J connectivity index is 2.06. The topological polar surface area (TPSA) is 101 Å². The van der Waals surface area contributed by atoms with Crippen molar-refractivity contribution in [2.75, 3.05) is 17.7 Å². The van der Waals surface area contributed by atoms with Crippen LogP contribution in [0.4, 0.5) is 20.3 Å². The minimum absolute atomic E-state index is 0.0578. The molecule has 2 aromatic carbocycles. The van der Waals surface area contributed by atoms with Crippen LogP contribution < -0.4 is 21.9 Å². The molecule has 0 saturated heterocycles. The zero-order valence-electron chi connectivity index (χ0n) is 14.8. The molecule has 0 unspecified atom stereocenters. The fourth-order valence-electron chi connectivity index (χ4n) is 2.77. The highest BCUT2D eigenvalue weighted by atomic mass is 19.1. The Bertz CT molecular complexity index is 1160. The summed E-state index contributed by atoms with van der Waals surface area (Å²) in [6.07, 6.45) is 0. The van der Waals surface area contributed by atoms with Gasteiger partial charge in [-0.3, -0.25) is 19.1 Å². The summed E-state index contributed by atoms with van der Waals surface area (Å²) < 4.78 is 28.1. The Kier molecular flexibility index (Phi) is 5.08. The van der Waals surface area contributed by atoms with E-state index >= 15 is 0 Å². The van der Waals surface area contributed by atoms with E-state index in [1.54, 1.807) is 30.3 Å². The normalized spacial score (nSPS) is 10.7. The molecule has 1 amide bonds. The van der Waals surface area contributed by atoms with E-state index in [1.807, 2.05) is 0 Å². The summed E-state index contributed by atoms with van der Waals surface area (Å²) in [5.41, 5.74) is 4.35. The second kappa shape index (κ2) is 7.47. The van der Waals surface area contributed by atoms with Gasteiger partial charge in [-0.05, 0) is 17.7 Å². The van der Waals surface area contributed by atoms with Gasteiger partial charge in [0.05, 0.1) is 12.1 Å². The molecule has 0 spiro atoms. The van der Waals surface area contributed by atoms with Gasteiger partial charge >= 0.3 is 5.69 Å². The molecule has 7 nitrogen and oxygen atoms in total. The first-order valence-electron chi connectivity index (χ1n) is 8.19. The van der Waals surface area contributed by atoms with E-state index in [2.05, 4.69) is 4.98 Å². The molecule has 144 valence electrons. The van der Waals surface area contributed by atoms with E-state index in [1.165, 1.54) is 7.05 Å². The fraction of sp³-hybridized carbons (Fsp3) is 0.105. The second-order valence-corrected chi connectivity index (χ2v) is 6.05. The first-order valence-corrected chi connectivity index (χ1v) is 8.19. The van der Waals surface area contributed by atoms with Gasteiger partial charge in [-0.25, -0.2) is 13.6 Å². The lowest BCUT2D eigenvalue weighted by atomic mass is 10.1. The van der Waals surface area contributed by atoms with Crippen molar-refractivity contribution in [3.63, 3.8) is 0 Å². The third-order valence-corrected chi connectivity index (χ3v) is 4.20. The summed E-state index contributed by atoms with van der Waals surface area (Å²) in [5, 5.41) is 0. The zero-order chi connectivity index (χ0) is 20.4. The highest BCUT2D eigenvalue weighted by Crippen LogP contribution is 2.20. The van der Waals surface area contributed by atoms with E-state index in [4.69, 9.17) is 5.73 Å². The van der Waals surface area contributed by atoms with Crippen LogP contribution >= 0.6 is 0 Å². The lowest BCUT2D eigenvalue weighted by molar-refractivity contribution is 0.0988. The van der Waals surface area contributed by atoms with Crippen molar-refractivity contribution in [1.82, 2.24) is 9.55 Å². The number of rotatable bonds is 4. The van der Waals surface area contributed by atoms with Crippen molar-refractivity contribution in [2.24, 2.45) is 0 Å². The summed E-state index contributed by atoms with van der Waals surface area (Å²) in [6.45, 7) is 0.0578. The van der Waals surface area contributed by atoms with Crippen LogP contribution in [0, 0.1) is 11.6 Å². The van der Waals surface area contributed by atoms with Crippen LogP contribution in [0.1, 0.15) is 15.9 Å². The van der Waals surface area contributed by atoms with Crippen LogP contribution in [-0.4, -0.2) is 22.5 Å². The molecule has 0 atom stereocenters. The summed E-state index contributed by atoms with van der Waals surface area (Å²) >= 11 is 0. The number of nitrogen functional groups attached to an aromatic ring is 1. The third-order valence-electron chi connectivity index (χ3n) is 4.20. The summed E-state index contributed by atoms with van der Waals surface area (Å²) in [5.74, 6) is -3.09. The average Bonchev–Trinajstić information content (AvgIpc) is 2.65. The molecule has 0 aliphatic carbocycles. The van der Waals surface area contributed by atoms with E-state index in [9.17, 15) is 23.2 Å². The van der Waals surface area contributed by atoms with Gasteiger partial charge in [0.2, 0.25) is 0 Å². The van der Waals surface area contributed by atoms with E-state index in [0.29, 0.717) is 6.07 Å². The molecule has 0 fully saturated rings. The fourth-order valence-corrected chi connectivity index (χ4v) is 2.77. The monoisotopic (exact) mass is 386 g/mol. The molecule has 9 heteroatoms. The van der Waals surface area contributed by atoms with E-state index in [0.717, 1.165) is 27.2 Å². The van der Waals surface area contributed by atoms with Crippen molar-refractivity contribution in [2.45, 2.75) is 6.54 Å². The molecule has 1 aromatic heterocycles. The molecule has 1 heterocycles. The number of nitrogens with one attached hydrogen (secondary N) is 1. The molecule has 0 radical (unpaired) electrons. The minimum Gasteiger partial charge on any atom is -0.383 e. The van der Waals surface area contributed by atoms with Crippen molar-refractivity contribution in [3.8, 4) is 0 Å². The lowest BCUT2D eigenvalue weighted by Gasteiger charge is -2.20. The molecule has 0 aliphatic heterocycles. The van der Waals surface area contributed by atoms with Crippen LogP contribution in [0.5, 0.6) is 0 Å². The van der Waals surface area contributed by atoms with Crippen LogP contribution in [0.25, 0.3) is 0 Å². The number of hydrogen-bond acceptors (Lipinski definition) is 4. The maximum absolute atomic E-state index is 13.9. The van der Waals surface area contributed by atoms with Crippen LogP contribution in [0.15, 0.2) is 58.1 Å². The maximum atomic E-state index is 13.9. The molecule has 0 bridgehead atoms. The Hall–Kier alpha value is -3.75. The molecule has 3 aromatic rings. The van der Waals surface area contributed by atoms with Crippen LogP contribution in [0.3, 0.4) is 0 Å². The largest absolute Gasteiger partial charge is 0.383 e. The zero-order valence-corrected chi connectivity index (χ0v) is 14.8. The maximum Gasteiger partial charge on any atom is 0.330 e. The predicted molar refractivity (Wildman–Crippen MR) is 100 cm³/mol. The number of nitrogens with two attached hydrogens (primary N) is 1. The minimum atomic E-state index is -1.08. The average molecular weight is 386 g/mol. The molecule has 28 heavy (non-hydrogen) atoms. The molecular weight excluding hydrogens is 370 g/mol. The summed E-state index contributed by atoms with van der Waals surface area (Å²) in [6, 6.07) is 11.3. The Morgan fingerprint density at radius 3 is 2.46 bits per heavy atom. The Morgan fingerprint density at radius 2 is 1.82 bits per heavy atom. The molecule has 0 aliphatic rings. The van der Waals surface area contributed by atoms with Gasteiger partial charge in [0.1, 0.15) is 17.5 Å². The number of anilines is 2. The van der Waals surface area contributed by atoms with Crippen molar-refractivity contribution < 1.29 is 13.6 Å². The quantitative estimate of drug-likeness (QED) is 0.713. The summed E-state index contributed by atoms with van der Waals surface area (Å²) in [7, 11) is 1.21. The highest BCUT2D eigenvalue weighted by Gasteiger charge is 2.24. The third kappa shape index (κ3) is 3.54. The van der Waals surface area contributed by atoms with Gasteiger partial charge in [0.25, 0.3) is 11.5 Å². The van der Waals surface area contributed by atoms with Crippen LogP contribution in [-0.2, 0) is 6.54 Å². The number of aromatic amines is 1. The second-order valence-electron chi connectivity index (χ2n) is 6.05. The first kappa shape index (κ1) is 19.0. The number of carbonyl (C=O) groups is 1. The van der Waals surface area contributed by atoms with Crippen molar-refractivity contribution in [1.29, 1.82) is 0 Å². The number of nitrogens with zero attached hydrogens (tertiary/aromatic N) is 2. The van der Waals surface area contributed by atoms with Gasteiger partial charge in [-0.2, -0.15) is 0 Å². The van der Waals surface area contributed by atoms with Gasteiger partial charge < -0.3 is 10.6 Å². The Morgan fingerprint density at radius 1 is 1.14 bits per heavy atom. The number of H-pyrrole nitrogens is 1. The predicted octanol–water partition coefficient (Wildman–Crippen LogP) is 1.72. The van der Waals surface area contributed by atoms with Gasteiger partial charge in [-0.1, -0.05) is 30.3 Å². The standard InChI is InChI=1S/C19H16F2N4O3/c1-24(18(27)13-8-7-12(20)9-14(13)21)15-16(22)25(19(28)23-17(15)26)10-11-5-3-2-4-6-11/h2-9H,10,22H2,1H3,(H,23,26,28). The first-order chi connectivity index (χ1) is 13.3. The lowest BCUT2D eigenvalue weighted by Crippen LogP contribution is -2.39. The smallest absolute Gasteiger partial charge is 0.330 e. The van der Waals surface area contributed by atoms with E-state index < -0.39 is 34.4 Å². The van der Waals surface area contributed by atoms with Crippen LogP contribution in [0.2, 0.25) is 0 Å². The molecular formula is C19H16F2N4O3. The van der Waals surface area contributed by atoms with Crippen molar-refractivity contribution >= 4 is 17.4 Å². The van der Waals surface area contributed by atoms with Crippen molar-refractivity contribution in [3.05, 3.63) is 92.1 Å². The number of halogens is 2. The Labute approximate surface area is 157 Å².